The van der Waals surface area contributed by atoms with Gasteiger partial charge in [0.1, 0.15) is 11.5 Å². The highest BCUT2D eigenvalue weighted by molar-refractivity contribution is 7.99. The number of thioether (sulfide) groups is 1. The molecule has 0 spiro atoms. The van der Waals surface area contributed by atoms with Crippen LogP contribution in [0.5, 0.6) is 11.5 Å². The normalized spacial score (nSPS) is 16.6. The van der Waals surface area contributed by atoms with E-state index in [1.54, 1.807) is 30.9 Å². The minimum atomic E-state index is 0.257. The Labute approximate surface area is 140 Å². The number of methoxy groups -OCH3 is 2. The molecule has 1 aliphatic heterocycles. The number of hydrogen-bond donors (Lipinski definition) is 0. The van der Waals surface area contributed by atoms with Crippen LogP contribution in [0.15, 0.2) is 47.4 Å². The van der Waals surface area contributed by atoms with E-state index in [0.29, 0.717) is 12.3 Å². The molecule has 1 heterocycles. The van der Waals surface area contributed by atoms with Crippen molar-refractivity contribution in [2.24, 2.45) is 0 Å². The zero-order valence-corrected chi connectivity index (χ0v) is 14.0. The molecule has 0 fully saturated rings. The third-order valence-corrected chi connectivity index (χ3v) is 5.27. The van der Waals surface area contributed by atoms with Gasteiger partial charge in [-0.2, -0.15) is 0 Å². The van der Waals surface area contributed by atoms with Crippen LogP contribution >= 0.6 is 11.8 Å². The molecule has 0 saturated carbocycles. The molecular weight excluding hydrogens is 310 g/mol. The highest BCUT2D eigenvalue weighted by atomic mass is 32.2. The molecule has 2 aromatic rings. The molecule has 0 N–H and O–H groups in total. The third kappa shape index (κ3) is 3.15. The van der Waals surface area contributed by atoms with Gasteiger partial charge in [0.05, 0.1) is 19.9 Å². The van der Waals surface area contributed by atoms with Crippen LogP contribution < -0.4 is 14.4 Å². The standard InChI is InChI=1S/C18H19NO3S/c1-21-13-10-15-17(23-14-6-4-3-5-7-14)8-9-19(12-20)18(15)16(11-13)22-2/h3-7,10-12,17H,8-9H2,1-2H3. The molecule has 2 aromatic carbocycles. The van der Waals surface area contributed by atoms with Gasteiger partial charge in [0.15, 0.2) is 0 Å². The molecule has 1 atom stereocenters. The van der Waals surface area contributed by atoms with Gasteiger partial charge in [-0.25, -0.2) is 0 Å². The monoisotopic (exact) mass is 329 g/mol. The molecule has 1 aliphatic rings. The number of carbonyl (C=O) groups is 1. The maximum Gasteiger partial charge on any atom is 0.214 e. The number of nitrogens with zero attached hydrogens (tertiary/aromatic N) is 1. The van der Waals surface area contributed by atoms with Gasteiger partial charge in [-0.3, -0.25) is 4.79 Å². The lowest BCUT2D eigenvalue weighted by Gasteiger charge is -2.33. The second kappa shape index (κ2) is 6.96. The molecule has 23 heavy (non-hydrogen) atoms. The fourth-order valence-electron chi connectivity index (χ4n) is 2.84. The summed E-state index contributed by atoms with van der Waals surface area (Å²) in [5.41, 5.74) is 1.93. The first-order valence-electron chi connectivity index (χ1n) is 7.46. The molecule has 120 valence electrons. The average molecular weight is 329 g/mol. The van der Waals surface area contributed by atoms with Gasteiger partial charge < -0.3 is 14.4 Å². The van der Waals surface area contributed by atoms with E-state index in [1.165, 1.54) is 4.90 Å². The van der Waals surface area contributed by atoms with Crippen molar-refractivity contribution in [3.63, 3.8) is 0 Å². The van der Waals surface area contributed by atoms with E-state index in [2.05, 4.69) is 12.1 Å². The molecule has 1 amide bonds. The number of amides is 1. The summed E-state index contributed by atoms with van der Waals surface area (Å²) < 4.78 is 10.9. The lowest BCUT2D eigenvalue weighted by molar-refractivity contribution is -0.107. The van der Waals surface area contributed by atoms with Crippen LogP contribution in [-0.4, -0.2) is 27.2 Å². The van der Waals surface area contributed by atoms with Crippen molar-refractivity contribution < 1.29 is 14.3 Å². The number of anilines is 1. The zero-order valence-electron chi connectivity index (χ0n) is 13.2. The molecule has 0 bridgehead atoms. The van der Waals surface area contributed by atoms with Gasteiger partial charge in [-0.05, 0) is 30.2 Å². The summed E-state index contributed by atoms with van der Waals surface area (Å²) in [5.74, 6) is 1.41. The maximum absolute atomic E-state index is 11.4. The number of fused-ring (bicyclic) bond motifs is 1. The van der Waals surface area contributed by atoms with Gasteiger partial charge in [-0.15, -0.1) is 11.8 Å². The first kappa shape index (κ1) is 15.7. The molecule has 5 heteroatoms. The van der Waals surface area contributed by atoms with Crippen LogP contribution in [0.1, 0.15) is 17.2 Å². The summed E-state index contributed by atoms with van der Waals surface area (Å²) >= 11 is 1.80. The predicted octanol–water partition coefficient (Wildman–Crippen LogP) is 3.90. The van der Waals surface area contributed by atoms with Crippen LogP contribution in [-0.2, 0) is 4.79 Å². The third-order valence-electron chi connectivity index (χ3n) is 3.95. The first-order chi connectivity index (χ1) is 11.3. The van der Waals surface area contributed by atoms with E-state index < -0.39 is 0 Å². The topological polar surface area (TPSA) is 38.8 Å². The molecule has 1 unspecified atom stereocenters. The second-order valence-corrected chi connectivity index (χ2v) is 6.55. The van der Waals surface area contributed by atoms with Crippen molar-refractivity contribution in [1.82, 2.24) is 0 Å². The summed E-state index contributed by atoms with van der Waals surface area (Å²) in [5, 5.41) is 0.257. The minimum Gasteiger partial charge on any atom is -0.497 e. The largest absolute Gasteiger partial charge is 0.497 e. The first-order valence-corrected chi connectivity index (χ1v) is 8.34. The minimum absolute atomic E-state index is 0.257. The van der Waals surface area contributed by atoms with E-state index in [1.807, 2.05) is 30.3 Å². The number of benzene rings is 2. The van der Waals surface area contributed by atoms with E-state index in [9.17, 15) is 4.79 Å². The Balaban J connectivity index is 2.04. The van der Waals surface area contributed by atoms with E-state index in [0.717, 1.165) is 29.8 Å². The summed E-state index contributed by atoms with van der Waals surface area (Å²) in [7, 11) is 3.26. The predicted molar refractivity (Wildman–Crippen MR) is 92.6 cm³/mol. The van der Waals surface area contributed by atoms with Crippen molar-refractivity contribution in [1.29, 1.82) is 0 Å². The smallest absolute Gasteiger partial charge is 0.214 e. The Morgan fingerprint density at radius 2 is 1.96 bits per heavy atom. The summed E-state index contributed by atoms with van der Waals surface area (Å²) in [6.45, 7) is 0.684. The lowest BCUT2D eigenvalue weighted by atomic mass is 10.0. The fraction of sp³-hybridized carbons (Fsp3) is 0.278. The quantitative estimate of drug-likeness (QED) is 0.780. The van der Waals surface area contributed by atoms with Crippen molar-refractivity contribution in [2.75, 3.05) is 25.7 Å². The Kier molecular flexibility index (Phi) is 4.76. The highest BCUT2D eigenvalue weighted by Crippen LogP contribution is 2.49. The molecule has 3 rings (SSSR count). The van der Waals surface area contributed by atoms with Crippen LogP contribution in [0.25, 0.3) is 0 Å². The number of hydrogen-bond acceptors (Lipinski definition) is 4. The number of rotatable bonds is 5. The molecule has 0 aliphatic carbocycles. The Morgan fingerprint density at radius 1 is 1.17 bits per heavy atom. The van der Waals surface area contributed by atoms with Crippen LogP contribution in [0.3, 0.4) is 0 Å². The zero-order chi connectivity index (χ0) is 16.2. The molecule has 0 radical (unpaired) electrons. The van der Waals surface area contributed by atoms with Crippen molar-refractivity contribution >= 4 is 23.9 Å². The van der Waals surface area contributed by atoms with Gasteiger partial charge in [0.25, 0.3) is 0 Å². The summed E-state index contributed by atoms with van der Waals surface area (Å²) in [4.78, 5) is 14.4. The molecular formula is C18H19NO3S. The van der Waals surface area contributed by atoms with Gasteiger partial charge in [0.2, 0.25) is 6.41 Å². The van der Waals surface area contributed by atoms with E-state index in [4.69, 9.17) is 9.47 Å². The van der Waals surface area contributed by atoms with Crippen LogP contribution in [0.2, 0.25) is 0 Å². The fourth-order valence-corrected chi connectivity index (χ4v) is 4.02. The Hall–Kier alpha value is -2.14. The van der Waals surface area contributed by atoms with Crippen molar-refractivity contribution in [3.05, 3.63) is 48.0 Å². The lowest BCUT2D eigenvalue weighted by Crippen LogP contribution is -2.29. The van der Waals surface area contributed by atoms with Crippen molar-refractivity contribution in [2.45, 2.75) is 16.6 Å². The van der Waals surface area contributed by atoms with Crippen LogP contribution in [0.4, 0.5) is 5.69 Å². The maximum atomic E-state index is 11.4. The van der Waals surface area contributed by atoms with Gasteiger partial charge >= 0.3 is 0 Å². The van der Waals surface area contributed by atoms with E-state index >= 15 is 0 Å². The van der Waals surface area contributed by atoms with Crippen molar-refractivity contribution in [3.8, 4) is 11.5 Å². The van der Waals surface area contributed by atoms with Gasteiger partial charge in [0, 0.05) is 22.8 Å². The SMILES string of the molecule is COc1cc(OC)c2c(c1)C(Sc1ccccc1)CCN2C=O. The average Bonchev–Trinajstić information content (AvgIpc) is 2.62. The Bertz CT molecular complexity index is 690. The molecule has 0 aromatic heterocycles. The highest BCUT2D eigenvalue weighted by Gasteiger charge is 2.29. The van der Waals surface area contributed by atoms with Gasteiger partial charge in [-0.1, -0.05) is 18.2 Å². The second-order valence-electron chi connectivity index (χ2n) is 5.27. The Morgan fingerprint density at radius 3 is 2.61 bits per heavy atom. The summed E-state index contributed by atoms with van der Waals surface area (Å²) in [6, 6.07) is 14.1. The summed E-state index contributed by atoms with van der Waals surface area (Å²) in [6.07, 6.45) is 1.76. The molecule has 0 saturated heterocycles. The van der Waals surface area contributed by atoms with Crippen LogP contribution in [0, 0.1) is 0 Å². The molecule has 4 nitrogen and oxygen atoms in total. The number of ether oxygens (including phenoxy) is 2. The van der Waals surface area contributed by atoms with E-state index in [-0.39, 0.29) is 5.25 Å². The number of carbonyl (C=O) groups excluding carboxylic acids is 1.